The maximum Gasteiger partial charge on any atom is 0.235 e. The molecule has 2 heterocycles. The minimum absolute atomic E-state index is 0.238. The normalized spacial score (nSPS) is 11.0. The average Bonchev–Trinajstić information content (AvgIpc) is 3.00. The van der Waals surface area contributed by atoms with E-state index in [2.05, 4.69) is 31.2 Å². The van der Waals surface area contributed by atoms with E-state index in [0.717, 1.165) is 27.1 Å². The van der Waals surface area contributed by atoms with Crippen molar-refractivity contribution >= 4 is 27.5 Å². The lowest BCUT2D eigenvalue weighted by Crippen LogP contribution is -2.03. The average molecular weight is 397 g/mol. The maximum absolute atomic E-state index is 13.1. The van der Waals surface area contributed by atoms with Crippen LogP contribution in [0.1, 0.15) is 5.56 Å². The molecule has 0 spiro atoms. The van der Waals surface area contributed by atoms with Crippen molar-refractivity contribution in [1.82, 2.24) is 14.4 Å². The van der Waals surface area contributed by atoms with Crippen LogP contribution < -0.4 is 5.32 Å². The smallest absolute Gasteiger partial charge is 0.235 e. The summed E-state index contributed by atoms with van der Waals surface area (Å²) in [4.78, 5) is 8.99. The van der Waals surface area contributed by atoms with Crippen LogP contribution in [0.4, 0.5) is 10.2 Å². The van der Waals surface area contributed by atoms with Gasteiger partial charge in [0.2, 0.25) is 5.78 Å². The zero-order valence-electron chi connectivity index (χ0n) is 13.2. The molecule has 2 aromatic heterocycles. The summed E-state index contributed by atoms with van der Waals surface area (Å²) in [5.41, 5.74) is 2.80. The van der Waals surface area contributed by atoms with Gasteiger partial charge in [-0.1, -0.05) is 40.2 Å². The second-order valence-corrected chi connectivity index (χ2v) is 6.50. The number of hydrogen-bond donors (Lipinski definition) is 1. The molecule has 0 saturated heterocycles. The minimum atomic E-state index is -0.238. The predicted octanol–water partition coefficient (Wildman–Crippen LogP) is 4.91. The number of fused-ring (bicyclic) bond motifs is 1. The minimum Gasteiger partial charge on any atom is -0.365 e. The monoisotopic (exact) mass is 396 g/mol. The van der Waals surface area contributed by atoms with Gasteiger partial charge in [0.15, 0.2) is 0 Å². The van der Waals surface area contributed by atoms with E-state index in [1.54, 1.807) is 18.3 Å². The molecule has 0 atom stereocenters. The number of anilines is 1. The van der Waals surface area contributed by atoms with E-state index >= 15 is 0 Å². The first-order chi connectivity index (χ1) is 12.2. The summed E-state index contributed by atoms with van der Waals surface area (Å²) in [6.45, 7) is 0.559. The molecule has 0 aliphatic heterocycles. The highest BCUT2D eigenvalue weighted by molar-refractivity contribution is 9.10. The molecule has 6 heteroatoms. The predicted molar refractivity (Wildman–Crippen MR) is 99.8 cm³/mol. The van der Waals surface area contributed by atoms with Crippen LogP contribution in [0.2, 0.25) is 0 Å². The highest BCUT2D eigenvalue weighted by Crippen LogP contribution is 2.30. The highest BCUT2D eigenvalue weighted by atomic mass is 79.9. The fraction of sp³-hybridized carbons (Fsp3) is 0.0526. The lowest BCUT2D eigenvalue weighted by molar-refractivity contribution is 0.627. The molecule has 0 amide bonds. The van der Waals surface area contributed by atoms with Crippen LogP contribution in [0.3, 0.4) is 0 Å². The van der Waals surface area contributed by atoms with Crippen molar-refractivity contribution in [2.45, 2.75) is 6.54 Å². The molecule has 0 aliphatic carbocycles. The number of nitrogens with one attached hydrogen (secondary N) is 1. The number of nitrogens with zero attached hydrogens (tertiary/aromatic N) is 3. The second kappa shape index (κ2) is 6.64. The van der Waals surface area contributed by atoms with Crippen LogP contribution in [0.15, 0.2) is 71.5 Å². The summed E-state index contributed by atoms with van der Waals surface area (Å²) in [7, 11) is 0. The zero-order valence-corrected chi connectivity index (χ0v) is 14.7. The van der Waals surface area contributed by atoms with Crippen molar-refractivity contribution in [2.24, 2.45) is 0 Å². The third-order valence-corrected chi connectivity index (χ3v) is 4.37. The second-order valence-electron chi connectivity index (χ2n) is 5.59. The summed E-state index contributed by atoms with van der Waals surface area (Å²) in [5, 5.41) is 3.41. The molecule has 4 rings (SSSR count). The fourth-order valence-electron chi connectivity index (χ4n) is 2.68. The number of imidazole rings is 1. The van der Waals surface area contributed by atoms with Gasteiger partial charge in [0.25, 0.3) is 0 Å². The molecule has 0 fully saturated rings. The molecule has 0 bridgehead atoms. The molecular weight excluding hydrogens is 383 g/mol. The first kappa shape index (κ1) is 15.8. The Labute approximate surface area is 152 Å². The van der Waals surface area contributed by atoms with E-state index in [1.165, 1.54) is 12.1 Å². The first-order valence-electron chi connectivity index (χ1n) is 7.78. The molecule has 0 saturated carbocycles. The molecule has 4 nitrogen and oxygen atoms in total. The van der Waals surface area contributed by atoms with Crippen molar-refractivity contribution in [3.63, 3.8) is 0 Å². The van der Waals surface area contributed by atoms with Crippen LogP contribution in [0.25, 0.3) is 17.0 Å². The molecule has 124 valence electrons. The van der Waals surface area contributed by atoms with Gasteiger partial charge in [-0.15, -0.1) is 0 Å². The Balaban J connectivity index is 1.75. The quantitative estimate of drug-likeness (QED) is 0.532. The molecular formula is C19H14BrFN4. The Hall–Kier alpha value is -2.73. The van der Waals surface area contributed by atoms with Crippen LogP contribution in [0, 0.1) is 5.82 Å². The molecule has 0 unspecified atom stereocenters. The maximum atomic E-state index is 13.1. The van der Waals surface area contributed by atoms with E-state index in [1.807, 2.05) is 40.9 Å². The Kier molecular flexibility index (Phi) is 4.19. The van der Waals surface area contributed by atoms with Crippen LogP contribution in [-0.2, 0) is 6.54 Å². The number of benzene rings is 2. The van der Waals surface area contributed by atoms with Gasteiger partial charge in [0.1, 0.15) is 17.3 Å². The highest BCUT2D eigenvalue weighted by Gasteiger charge is 2.14. The van der Waals surface area contributed by atoms with Crippen LogP contribution >= 0.6 is 15.9 Å². The Morgan fingerprint density at radius 2 is 1.92 bits per heavy atom. The van der Waals surface area contributed by atoms with Gasteiger partial charge in [-0.3, -0.25) is 4.40 Å². The van der Waals surface area contributed by atoms with Gasteiger partial charge in [-0.05, 0) is 35.9 Å². The van der Waals surface area contributed by atoms with Crippen LogP contribution in [-0.4, -0.2) is 14.4 Å². The van der Waals surface area contributed by atoms with Crippen LogP contribution in [0.5, 0.6) is 0 Å². The topological polar surface area (TPSA) is 42.2 Å². The van der Waals surface area contributed by atoms with E-state index in [0.29, 0.717) is 12.3 Å². The molecule has 1 N–H and O–H groups in total. The Morgan fingerprint density at radius 1 is 1.08 bits per heavy atom. The number of halogens is 2. The molecule has 25 heavy (non-hydrogen) atoms. The fourth-order valence-corrected chi connectivity index (χ4v) is 3.08. The summed E-state index contributed by atoms with van der Waals surface area (Å²) in [5.74, 6) is 1.24. The summed E-state index contributed by atoms with van der Waals surface area (Å²) < 4.78 is 16.0. The van der Waals surface area contributed by atoms with Gasteiger partial charge >= 0.3 is 0 Å². The number of aromatic nitrogens is 3. The largest absolute Gasteiger partial charge is 0.365 e. The number of rotatable bonds is 4. The summed E-state index contributed by atoms with van der Waals surface area (Å²) in [6, 6.07) is 16.3. The van der Waals surface area contributed by atoms with E-state index < -0.39 is 0 Å². The van der Waals surface area contributed by atoms with Gasteiger partial charge in [-0.2, -0.15) is 0 Å². The SMILES string of the molecule is Fc1ccc(CNc2c(-c3cccc(Br)c3)nc3ncccn23)cc1. The standard InChI is InChI=1S/C19H14BrFN4/c20-15-4-1-3-14(11-15)17-18(25-10-2-9-22-19(25)24-17)23-12-13-5-7-16(21)8-6-13/h1-11,23H,12H2. The van der Waals surface area contributed by atoms with Crippen molar-refractivity contribution in [3.8, 4) is 11.3 Å². The molecule has 4 aromatic rings. The molecule has 0 radical (unpaired) electrons. The van der Waals surface area contributed by atoms with Crippen molar-refractivity contribution < 1.29 is 4.39 Å². The van der Waals surface area contributed by atoms with Crippen molar-refractivity contribution in [2.75, 3.05) is 5.32 Å². The zero-order chi connectivity index (χ0) is 17.2. The molecule has 0 aliphatic rings. The first-order valence-corrected chi connectivity index (χ1v) is 8.57. The van der Waals surface area contributed by atoms with Gasteiger partial charge in [0, 0.05) is 29.0 Å². The third-order valence-electron chi connectivity index (χ3n) is 3.87. The Morgan fingerprint density at radius 3 is 2.72 bits per heavy atom. The summed E-state index contributed by atoms with van der Waals surface area (Å²) >= 11 is 3.50. The lowest BCUT2D eigenvalue weighted by atomic mass is 10.1. The van der Waals surface area contributed by atoms with Gasteiger partial charge in [0.05, 0.1) is 0 Å². The van der Waals surface area contributed by atoms with E-state index in [-0.39, 0.29) is 5.82 Å². The van der Waals surface area contributed by atoms with Gasteiger partial charge < -0.3 is 5.32 Å². The number of hydrogen-bond acceptors (Lipinski definition) is 3. The third kappa shape index (κ3) is 3.25. The summed E-state index contributed by atoms with van der Waals surface area (Å²) in [6.07, 6.45) is 3.64. The van der Waals surface area contributed by atoms with E-state index in [9.17, 15) is 4.39 Å². The van der Waals surface area contributed by atoms with Crippen molar-refractivity contribution in [3.05, 3.63) is 82.8 Å². The molecule has 2 aromatic carbocycles. The van der Waals surface area contributed by atoms with Gasteiger partial charge in [-0.25, -0.2) is 14.4 Å². The Bertz CT molecular complexity index is 1030. The lowest BCUT2D eigenvalue weighted by Gasteiger charge is -2.09. The van der Waals surface area contributed by atoms with E-state index in [4.69, 9.17) is 0 Å². The van der Waals surface area contributed by atoms with Crippen molar-refractivity contribution in [1.29, 1.82) is 0 Å².